The molecular weight excluding hydrogens is 232 g/mol. The molecule has 1 aliphatic carbocycles. The molecule has 102 valence electrons. The molecule has 18 heavy (non-hydrogen) atoms. The predicted molar refractivity (Wildman–Crippen MR) is 68.3 cm³/mol. The molecule has 0 fully saturated rings. The summed E-state index contributed by atoms with van der Waals surface area (Å²) in [6.45, 7) is 7.76. The molecule has 2 atom stereocenters. The fourth-order valence-electron chi connectivity index (χ4n) is 3.50. The van der Waals surface area contributed by atoms with Gasteiger partial charge in [0.05, 0.1) is 11.8 Å². The van der Waals surface area contributed by atoms with E-state index >= 15 is 0 Å². The maximum Gasteiger partial charge on any atom is 0.308 e. The molecule has 0 aliphatic heterocycles. The summed E-state index contributed by atoms with van der Waals surface area (Å²) in [4.78, 5) is 22.9. The van der Waals surface area contributed by atoms with Crippen molar-refractivity contribution in [3.63, 3.8) is 0 Å². The van der Waals surface area contributed by atoms with Crippen LogP contribution in [-0.2, 0) is 9.59 Å². The van der Waals surface area contributed by atoms with E-state index in [0.717, 1.165) is 11.1 Å². The minimum absolute atomic E-state index is 0.347. The lowest BCUT2D eigenvalue weighted by atomic mass is 9.57. The van der Waals surface area contributed by atoms with Gasteiger partial charge < -0.3 is 10.2 Å². The molecule has 0 aromatic heterocycles. The van der Waals surface area contributed by atoms with E-state index in [0.29, 0.717) is 19.3 Å². The van der Waals surface area contributed by atoms with Crippen LogP contribution in [0.25, 0.3) is 0 Å². The molecular formula is C14H22O4. The number of aliphatic carboxylic acids is 2. The van der Waals surface area contributed by atoms with E-state index in [1.807, 2.05) is 27.7 Å². The zero-order valence-electron chi connectivity index (χ0n) is 11.5. The van der Waals surface area contributed by atoms with Gasteiger partial charge in [-0.3, -0.25) is 9.59 Å². The van der Waals surface area contributed by atoms with Crippen molar-refractivity contribution < 1.29 is 19.8 Å². The zero-order chi connectivity index (χ0) is 14.1. The molecule has 0 aromatic carbocycles. The number of hydrogen-bond donors (Lipinski definition) is 2. The molecule has 0 radical (unpaired) electrons. The maximum absolute atomic E-state index is 11.6. The van der Waals surface area contributed by atoms with Crippen LogP contribution >= 0.6 is 0 Å². The second-order valence-corrected chi connectivity index (χ2v) is 5.23. The van der Waals surface area contributed by atoms with Gasteiger partial charge in [0.2, 0.25) is 0 Å². The van der Waals surface area contributed by atoms with Gasteiger partial charge in [-0.05, 0) is 33.1 Å². The minimum Gasteiger partial charge on any atom is -0.481 e. The van der Waals surface area contributed by atoms with Crippen molar-refractivity contribution in [1.82, 2.24) is 0 Å². The fraction of sp³-hybridized carbons (Fsp3) is 0.714. The van der Waals surface area contributed by atoms with Crippen molar-refractivity contribution in [2.24, 2.45) is 17.3 Å². The van der Waals surface area contributed by atoms with E-state index < -0.39 is 29.2 Å². The second-order valence-electron chi connectivity index (χ2n) is 5.23. The molecule has 2 N–H and O–H groups in total. The van der Waals surface area contributed by atoms with E-state index in [9.17, 15) is 19.8 Å². The van der Waals surface area contributed by atoms with Crippen LogP contribution in [0.5, 0.6) is 0 Å². The van der Waals surface area contributed by atoms with Crippen LogP contribution in [0, 0.1) is 17.3 Å². The number of carbonyl (C=O) groups is 2. The number of carboxylic acids is 2. The first-order valence-electron chi connectivity index (χ1n) is 6.44. The molecule has 4 heteroatoms. The SMILES string of the molecule is CCC1(CC)C(C)=C(C)CC(C(=O)O)C1C(=O)O. The van der Waals surface area contributed by atoms with Crippen LogP contribution in [0.15, 0.2) is 11.1 Å². The maximum atomic E-state index is 11.6. The predicted octanol–water partition coefficient (Wildman–Crippen LogP) is 2.93. The van der Waals surface area contributed by atoms with Gasteiger partial charge in [0, 0.05) is 5.41 Å². The number of hydrogen-bond acceptors (Lipinski definition) is 2. The Kier molecular flexibility index (Phi) is 4.20. The lowest BCUT2D eigenvalue weighted by molar-refractivity contribution is -0.160. The summed E-state index contributed by atoms with van der Waals surface area (Å²) >= 11 is 0. The van der Waals surface area contributed by atoms with Crippen LogP contribution < -0.4 is 0 Å². The lowest BCUT2D eigenvalue weighted by Gasteiger charge is -2.45. The van der Waals surface area contributed by atoms with Crippen LogP contribution in [-0.4, -0.2) is 22.2 Å². The van der Waals surface area contributed by atoms with E-state index in [4.69, 9.17) is 0 Å². The summed E-state index contributed by atoms with van der Waals surface area (Å²) in [5.74, 6) is -3.63. The first-order valence-corrected chi connectivity index (χ1v) is 6.44. The molecule has 4 nitrogen and oxygen atoms in total. The first-order chi connectivity index (χ1) is 8.31. The van der Waals surface area contributed by atoms with Crippen LogP contribution in [0.1, 0.15) is 47.0 Å². The molecule has 1 aliphatic rings. The summed E-state index contributed by atoms with van der Waals surface area (Å²) < 4.78 is 0. The average Bonchev–Trinajstić information content (AvgIpc) is 2.31. The summed E-state index contributed by atoms with van der Waals surface area (Å²) in [6.07, 6.45) is 1.67. The number of allylic oxidation sites excluding steroid dienone is 2. The Labute approximate surface area is 108 Å². The Hall–Kier alpha value is -1.32. The Balaban J connectivity index is 3.44. The Morgan fingerprint density at radius 2 is 1.67 bits per heavy atom. The Morgan fingerprint density at radius 1 is 1.17 bits per heavy atom. The highest BCUT2D eigenvalue weighted by Crippen LogP contribution is 2.52. The highest BCUT2D eigenvalue weighted by Gasteiger charge is 2.51. The number of rotatable bonds is 4. The number of carboxylic acid groups (broad SMARTS) is 2. The van der Waals surface area contributed by atoms with Gasteiger partial charge in [0.25, 0.3) is 0 Å². The van der Waals surface area contributed by atoms with Gasteiger partial charge in [-0.25, -0.2) is 0 Å². The van der Waals surface area contributed by atoms with Gasteiger partial charge in [-0.1, -0.05) is 25.0 Å². The quantitative estimate of drug-likeness (QED) is 0.756. The molecule has 1 rings (SSSR count). The lowest BCUT2D eigenvalue weighted by Crippen LogP contribution is -2.46. The van der Waals surface area contributed by atoms with Gasteiger partial charge in [0.1, 0.15) is 0 Å². The van der Waals surface area contributed by atoms with Crippen molar-refractivity contribution >= 4 is 11.9 Å². The minimum atomic E-state index is -1.000. The summed E-state index contributed by atoms with van der Waals surface area (Å²) in [5, 5.41) is 18.8. The van der Waals surface area contributed by atoms with E-state index in [1.165, 1.54) is 0 Å². The smallest absolute Gasteiger partial charge is 0.308 e. The molecule has 0 aromatic rings. The standard InChI is InChI=1S/C14H22O4/c1-5-14(6-2)9(4)8(3)7-10(12(15)16)11(14)13(17)18/h10-11H,5-7H2,1-4H3,(H,15,16)(H,17,18). The van der Waals surface area contributed by atoms with Crippen LogP contribution in [0.4, 0.5) is 0 Å². The molecule has 0 heterocycles. The van der Waals surface area contributed by atoms with E-state index in [2.05, 4.69) is 0 Å². The molecule has 2 unspecified atom stereocenters. The average molecular weight is 254 g/mol. The monoisotopic (exact) mass is 254 g/mol. The summed E-state index contributed by atoms with van der Waals surface area (Å²) in [6, 6.07) is 0. The van der Waals surface area contributed by atoms with Crippen LogP contribution in [0.2, 0.25) is 0 Å². The van der Waals surface area contributed by atoms with Crippen molar-refractivity contribution in [2.75, 3.05) is 0 Å². The summed E-state index contributed by atoms with van der Waals surface area (Å²) in [7, 11) is 0. The normalized spacial score (nSPS) is 27.1. The molecule has 0 spiro atoms. The third-order valence-corrected chi connectivity index (χ3v) is 4.76. The third-order valence-electron chi connectivity index (χ3n) is 4.76. The van der Waals surface area contributed by atoms with Gasteiger partial charge >= 0.3 is 11.9 Å². The van der Waals surface area contributed by atoms with E-state index in [1.54, 1.807) is 0 Å². The molecule has 0 saturated carbocycles. The fourth-order valence-corrected chi connectivity index (χ4v) is 3.50. The van der Waals surface area contributed by atoms with E-state index in [-0.39, 0.29) is 0 Å². The van der Waals surface area contributed by atoms with Gasteiger partial charge in [-0.15, -0.1) is 0 Å². The molecule has 0 bridgehead atoms. The second kappa shape index (κ2) is 5.12. The van der Waals surface area contributed by atoms with Crippen molar-refractivity contribution in [2.45, 2.75) is 47.0 Å². The molecule has 0 saturated heterocycles. The largest absolute Gasteiger partial charge is 0.481 e. The van der Waals surface area contributed by atoms with Gasteiger partial charge in [-0.2, -0.15) is 0 Å². The topological polar surface area (TPSA) is 74.6 Å². The van der Waals surface area contributed by atoms with Crippen LogP contribution in [0.3, 0.4) is 0 Å². The van der Waals surface area contributed by atoms with Gasteiger partial charge in [0.15, 0.2) is 0 Å². The highest BCUT2D eigenvalue weighted by atomic mass is 16.4. The molecule has 0 amide bonds. The van der Waals surface area contributed by atoms with Crippen molar-refractivity contribution in [1.29, 1.82) is 0 Å². The van der Waals surface area contributed by atoms with Crippen molar-refractivity contribution in [3.8, 4) is 0 Å². The van der Waals surface area contributed by atoms with Crippen molar-refractivity contribution in [3.05, 3.63) is 11.1 Å². The zero-order valence-corrected chi connectivity index (χ0v) is 11.5. The Morgan fingerprint density at radius 3 is 2.00 bits per heavy atom. The first kappa shape index (κ1) is 14.7. The summed E-state index contributed by atoms with van der Waals surface area (Å²) in [5.41, 5.74) is 1.58. The third kappa shape index (κ3) is 2.04. The highest BCUT2D eigenvalue weighted by molar-refractivity contribution is 5.82. The Bertz CT molecular complexity index is 391.